The predicted octanol–water partition coefficient (Wildman–Crippen LogP) is -2.44. The van der Waals surface area contributed by atoms with E-state index in [1.54, 1.807) is 13.8 Å². The van der Waals surface area contributed by atoms with Crippen molar-refractivity contribution < 1.29 is 34.2 Å². The fourth-order valence-corrected chi connectivity index (χ4v) is 3.31. The van der Waals surface area contributed by atoms with Crippen LogP contribution in [-0.2, 0) is 24.0 Å². The quantitative estimate of drug-likeness (QED) is 0.0480. The molecule has 13 N–H and O–H groups in total. The molecule has 37 heavy (non-hydrogen) atoms. The standard InChI is InChI=1S/C22H42N8O7/c1-12(2)10-15(20(35)30-16(21(36)37)11-17(31)32)29-19(34)14(7-3-4-8-23)28-18(33)13(24)6-5-9-27-22(25)26/h12-16H,3-11,23-24H2,1-2H3,(H,28,33)(H,29,34)(H,30,35)(H,31,32)(H,36,37)(H4,25,26,27)/t13-,14-,15-,16-/m0/s1. The molecule has 0 radical (unpaired) electrons. The maximum Gasteiger partial charge on any atom is 0.326 e. The third kappa shape index (κ3) is 15.3. The van der Waals surface area contributed by atoms with E-state index in [0.29, 0.717) is 25.8 Å². The number of carbonyl (C=O) groups is 5. The highest BCUT2D eigenvalue weighted by Gasteiger charge is 2.31. The van der Waals surface area contributed by atoms with Crippen molar-refractivity contribution in [2.75, 3.05) is 13.1 Å². The maximum atomic E-state index is 13.1. The summed E-state index contributed by atoms with van der Waals surface area (Å²) in [6, 6.07) is -4.79. The van der Waals surface area contributed by atoms with E-state index in [2.05, 4.69) is 20.9 Å². The van der Waals surface area contributed by atoms with Crippen LogP contribution in [0.1, 0.15) is 58.8 Å². The molecule has 212 valence electrons. The number of carbonyl (C=O) groups excluding carboxylic acids is 3. The summed E-state index contributed by atoms with van der Waals surface area (Å²) in [5, 5.41) is 25.5. The van der Waals surface area contributed by atoms with Gasteiger partial charge in [-0.25, -0.2) is 4.79 Å². The van der Waals surface area contributed by atoms with Crippen molar-refractivity contribution in [2.24, 2.45) is 33.8 Å². The molecule has 0 aromatic carbocycles. The number of amides is 3. The Kier molecular flexibility index (Phi) is 16.2. The zero-order valence-electron chi connectivity index (χ0n) is 21.4. The van der Waals surface area contributed by atoms with Crippen LogP contribution < -0.4 is 38.9 Å². The molecule has 0 unspecified atom stereocenters. The van der Waals surface area contributed by atoms with Crippen LogP contribution in [0.15, 0.2) is 4.99 Å². The van der Waals surface area contributed by atoms with Crippen LogP contribution in [0.4, 0.5) is 0 Å². The predicted molar refractivity (Wildman–Crippen MR) is 136 cm³/mol. The Morgan fingerprint density at radius 1 is 0.811 bits per heavy atom. The van der Waals surface area contributed by atoms with Crippen LogP contribution in [-0.4, -0.2) is 83.1 Å². The van der Waals surface area contributed by atoms with Crippen LogP contribution in [0, 0.1) is 5.92 Å². The normalized spacial score (nSPS) is 14.1. The third-order valence-corrected chi connectivity index (χ3v) is 5.22. The number of hydrogen-bond acceptors (Lipinski definition) is 8. The summed E-state index contributed by atoms with van der Waals surface area (Å²) in [4.78, 5) is 64.6. The molecule has 0 aromatic heterocycles. The lowest BCUT2D eigenvalue weighted by Crippen LogP contribution is -2.57. The summed E-state index contributed by atoms with van der Waals surface area (Å²) in [6.07, 6.45) is 1.34. The Bertz CT molecular complexity index is 802. The Balaban J connectivity index is 5.45. The van der Waals surface area contributed by atoms with E-state index in [9.17, 15) is 29.1 Å². The van der Waals surface area contributed by atoms with Gasteiger partial charge in [-0.3, -0.25) is 24.2 Å². The van der Waals surface area contributed by atoms with Crippen molar-refractivity contribution in [3.8, 4) is 0 Å². The molecule has 0 aliphatic carbocycles. The Hall–Kier alpha value is -3.46. The molecule has 0 aliphatic heterocycles. The molecule has 15 heteroatoms. The van der Waals surface area contributed by atoms with Gasteiger partial charge in [-0.2, -0.15) is 0 Å². The van der Waals surface area contributed by atoms with E-state index in [-0.39, 0.29) is 37.7 Å². The van der Waals surface area contributed by atoms with E-state index >= 15 is 0 Å². The number of carboxylic acid groups (broad SMARTS) is 2. The van der Waals surface area contributed by atoms with Gasteiger partial charge in [-0.1, -0.05) is 13.8 Å². The molecule has 0 saturated carbocycles. The zero-order chi connectivity index (χ0) is 28.5. The van der Waals surface area contributed by atoms with Gasteiger partial charge in [0, 0.05) is 6.54 Å². The van der Waals surface area contributed by atoms with Gasteiger partial charge in [0.2, 0.25) is 17.7 Å². The van der Waals surface area contributed by atoms with Gasteiger partial charge in [0.05, 0.1) is 12.5 Å². The van der Waals surface area contributed by atoms with Gasteiger partial charge in [-0.15, -0.1) is 0 Å². The lowest BCUT2D eigenvalue weighted by molar-refractivity contribution is -0.147. The highest BCUT2D eigenvalue weighted by Crippen LogP contribution is 2.09. The number of nitrogens with two attached hydrogens (primary N) is 4. The first-order valence-corrected chi connectivity index (χ1v) is 12.1. The average molecular weight is 531 g/mol. The van der Waals surface area contributed by atoms with E-state index < -0.39 is 60.2 Å². The Labute approximate surface area is 216 Å². The summed E-state index contributed by atoms with van der Waals surface area (Å²) in [6.45, 7) is 4.25. The van der Waals surface area contributed by atoms with Crippen LogP contribution in [0.3, 0.4) is 0 Å². The molecular formula is C22H42N8O7. The molecule has 4 atom stereocenters. The summed E-state index contributed by atoms with van der Waals surface area (Å²) in [5.74, 6) is -5.17. The Morgan fingerprint density at radius 2 is 1.38 bits per heavy atom. The van der Waals surface area contributed by atoms with Crippen LogP contribution in [0.5, 0.6) is 0 Å². The number of guanidine groups is 1. The monoisotopic (exact) mass is 530 g/mol. The van der Waals surface area contributed by atoms with E-state index in [1.165, 1.54) is 0 Å². The molecule has 0 aliphatic rings. The second-order valence-electron chi connectivity index (χ2n) is 9.09. The number of carboxylic acids is 2. The fraction of sp³-hybridized carbons (Fsp3) is 0.727. The number of hydrogen-bond donors (Lipinski definition) is 9. The van der Waals surface area contributed by atoms with Crippen LogP contribution in [0.2, 0.25) is 0 Å². The van der Waals surface area contributed by atoms with Crippen molar-refractivity contribution in [1.82, 2.24) is 16.0 Å². The number of unbranched alkanes of at least 4 members (excludes halogenated alkanes) is 1. The van der Waals surface area contributed by atoms with Gasteiger partial charge in [0.15, 0.2) is 5.96 Å². The topological polar surface area (TPSA) is 278 Å². The summed E-state index contributed by atoms with van der Waals surface area (Å²) in [5.41, 5.74) is 22.0. The van der Waals surface area contributed by atoms with Crippen LogP contribution in [0.25, 0.3) is 0 Å². The number of aliphatic carboxylic acids is 2. The van der Waals surface area contributed by atoms with Crippen molar-refractivity contribution >= 4 is 35.6 Å². The molecule has 0 bridgehead atoms. The number of aliphatic imine (C=N–C) groups is 1. The molecule has 15 nitrogen and oxygen atoms in total. The lowest BCUT2D eigenvalue weighted by atomic mass is 10.0. The summed E-state index contributed by atoms with van der Waals surface area (Å²) >= 11 is 0. The summed E-state index contributed by atoms with van der Waals surface area (Å²) in [7, 11) is 0. The molecule has 0 fully saturated rings. The Morgan fingerprint density at radius 3 is 1.89 bits per heavy atom. The SMILES string of the molecule is CC(C)C[C@H](NC(=O)[C@H](CCCCN)NC(=O)[C@@H](N)CCCN=C(N)N)C(=O)N[C@@H](CC(=O)O)C(=O)O. The first-order valence-electron chi connectivity index (χ1n) is 12.1. The molecular weight excluding hydrogens is 488 g/mol. The van der Waals surface area contributed by atoms with Gasteiger partial charge >= 0.3 is 11.9 Å². The van der Waals surface area contributed by atoms with Gasteiger partial charge in [0.25, 0.3) is 0 Å². The van der Waals surface area contributed by atoms with Gasteiger partial charge < -0.3 is 49.1 Å². The number of rotatable bonds is 19. The van der Waals surface area contributed by atoms with Crippen LogP contribution >= 0.6 is 0 Å². The number of nitrogens with one attached hydrogen (secondary N) is 3. The van der Waals surface area contributed by atoms with E-state index in [1.807, 2.05) is 0 Å². The smallest absolute Gasteiger partial charge is 0.326 e. The van der Waals surface area contributed by atoms with Crippen molar-refractivity contribution in [1.29, 1.82) is 0 Å². The molecule has 3 amide bonds. The first-order chi connectivity index (χ1) is 17.3. The highest BCUT2D eigenvalue weighted by molar-refractivity contribution is 5.94. The van der Waals surface area contributed by atoms with Crippen molar-refractivity contribution in [3.63, 3.8) is 0 Å². The zero-order valence-corrected chi connectivity index (χ0v) is 21.4. The fourth-order valence-electron chi connectivity index (χ4n) is 3.31. The van der Waals surface area contributed by atoms with E-state index in [0.717, 1.165) is 0 Å². The molecule has 0 spiro atoms. The first kappa shape index (κ1) is 33.5. The minimum absolute atomic E-state index is 0.0766. The highest BCUT2D eigenvalue weighted by atomic mass is 16.4. The van der Waals surface area contributed by atoms with E-state index in [4.69, 9.17) is 28.0 Å². The maximum absolute atomic E-state index is 13.1. The third-order valence-electron chi connectivity index (χ3n) is 5.22. The lowest BCUT2D eigenvalue weighted by Gasteiger charge is -2.26. The average Bonchev–Trinajstić information content (AvgIpc) is 2.79. The summed E-state index contributed by atoms with van der Waals surface area (Å²) < 4.78 is 0. The largest absolute Gasteiger partial charge is 0.481 e. The minimum atomic E-state index is -1.67. The van der Waals surface area contributed by atoms with Crippen molar-refractivity contribution in [2.45, 2.75) is 83.0 Å². The minimum Gasteiger partial charge on any atom is -0.481 e. The molecule has 0 rings (SSSR count). The number of nitrogens with zero attached hydrogens (tertiary/aromatic N) is 1. The van der Waals surface area contributed by atoms with Gasteiger partial charge in [0.1, 0.15) is 18.1 Å². The van der Waals surface area contributed by atoms with Gasteiger partial charge in [-0.05, 0) is 51.0 Å². The molecule has 0 saturated heterocycles. The second kappa shape index (κ2) is 17.9. The van der Waals surface area contributed by atoms with Crippen molar-refractivity contribution in [3.05, 3.63) is 0 Å². The second-order valence-corrected chi connectivity index (χ2v) is 9.09. The molecule has 0 heterocycles. The molecule has 0 aromatic rings.